The molecule has 13 aliphatic carbocycles. The van der Waals surface area contributed by atoms with E-state index in [2.05, 4.69) is 343 Å². The van der Waals surface area contributed by atoms with Gasteiger partial charge in [-0.3, -0.25) is 4.79 Å². The van der Waals surface area contributed by atoms with Gasteiger partial charge in [-0.25, -0.2) is 0 Å². The standard InChI is InChI=1S/C34H60O2Si2.C33H51O3PSi2.C22H32O2.C14H26O.C13H22O.C13H20O/c1-24(2)28-19-20-29-27(16-15-21-34(28,29)10)18-17-26-22-30(35-37(11,12)32(4,5)6)25(3)31(23-26)36-38(13,14)33(7,8)9;1-26-30(35-38(8,9)32(2,3)4)24-27(25-31(26)36-39(10,11)33(5,6)7)22-23-34-37(28-18-14-12-15-19-28)29-20-16-13-17-21-29;1-14(2)18-9-10-19-17(6-5-11-22(18,19)4)8-7-16-12-20(23)15(3)21(24)13-16;1-10-6-5-9-14(4)11(10)7-8-12(14)13(2,3)15;2*1-9(2)10-6-7-11-12(14)5-4-8-13(10,11)3/h17-18,29-31H,3,15-16,19-23H2,1-2,4-14H3;12-22,30-31H,1,23-25H2,2-11H3;7-8,19-21,23-24H,3,5-6,9-13H2,1-2,4H3;10-12,15H,5-9H2,1-4H3;11-12,14H,4-8H2,1-3H3;11H,4-8H2,1-3H3/b27-18+;;17-8+;;;/t29-,30+,31+,34+;30-,31-;19-,20+,21+,22+;10-,11-,12+,14-;11-,12-,13+;11-,13+/m010000/s1. The summed E-state index contributed by atoms with van der Waals surface area (Å²) in [6.45, 7) is 96.7. The summed E-state index contributed by atoms with van der Waals surface area (Å²) >= 11 is 0. The van der Waals surface area contributed by atoms with Gasteiger partial charge in [0, 0.05) is 22.9 Å². The number of aliphatic hydroxyl groups excluding tert-OH is 3. The highest BCUT2D eigenvalue weighted by Gasteiger charge is 2.57. The molecule has 0 amide bonds. The highest BCUT2D eigenvalue weighted by molar-refractivity contribution is 7.68. The highest BCUT2D eigenvalue weighted by atomic mass is 31.1. The summed E-state index contributed by atoms with van der Waals surface area (Å²) in [4.78, 5) is 11.8. The highest BCUT2D eigenvalue weighted by Crippen LogP contribution is 2.64. The van der Waals surface area contributed by atoms with E-state index < -0.39 is 59.2 Å². The molecule has 0 saturated heterocycles. The van der Waals surface area contributed by atoms with Crippen molar-refractivity contribution < 1.29 is 47.4 Å². The van der Waals surface area contributed by atoms with Gasteiger partial charge in [0.1, 0.15) is 5.78 Å². The van der Waals surface area contributed by atoms with Crippen LogP contribution in [0.2, 0.25) is 72.5 Å². The summed E-state index contributed by atoms with van der Waals surface area (Å²) < 4.78 is 34.7. The lowest BCUT2D eigenvalue weighted by atomic mass is 9.59. The van der Waals surface area contributed by atoms with Gasteiger partial charge in [0.25, 0.3) is 0 Å². The van der Waals surface area contributed by atoms with Gasteiger partial charge in [-0.1, -0.05) is 321 Å². The molecular formula is C129H211O10PSi4. The van der Waals surface area contributed by atoms with E-state index in [1.54, 1.807) is 39.0 Å². The van der Waals surface area contributed by atoms with Gasteiger partial charge in [0.2, 0.25) is 0 Å². The summed E-state index contributed by atoms with van der Waals surface area (Å²) in [5.41, 5.74) is 23.9. The molecule has 19 atom stereocenters. The number of hydrogen-bond acceptors (Lipinski definition) is 10. The molecule has 13 fully saturated rings. The van der Waals surface area contributed by atoms with E-state index in [1.807, 2.05) is 13.8 Å². The topological polar surface area (TPSA) is 144 Å². The van der Waals surface area contributed by atoms with Crippen LogP contribution in [0, 0.1) is 68.5 Å². The Hall–Kier alpha value is -4.07. The van der Waals surface area contributed by atoms with Gasteiger partial charge in [-0.05, 0) is 401 Å². The van der Waals surface area contributed by atoms with Crippen molar-refractivity contribution in [2.45, 2.75) is 514 Å². The Kier molecular flexibility index (Phi) is 40.8. The first-order valence-electron chi connectivity index (χ1n) is 57.2. The zero-order chi connectivity index (χ0) is 107. The van der Waals surface area contributed by atoms with E-state index in [-0.39, 0.29) is 56.1 Å². The monoisotopic (exact) mass is 2060 g/mol. The zero-order valence-corrected chi connectivity index (χ0v) is 104. The summed E-state index contributed by atoms with van der Waals surface area (Å²) in [6.07, 6.45) is 46.2. The summed E-state index contributed by atoms with van der Waals surface area (Å²) in [7, 11) is -8.75. The van der Waals surface area contributed by atoms with Crippen LogP contribution in [0.3, 0.4) is 0 Å². The molecule has 15 rings (SSSR count). The van der Waals surface area contributed by atoms with Crippen molar-refractivity contribution in [3.05, 3.63) is 200 Å². The average Bonchev–Trinajstić information content (AvgIpc) is 1.59. The molecule has 0 bridgehead atoms. The van der Waals surface area contributed by atoms with E-state index in [0.29, 0.717) is 82.1 Å². The van der Waals surface area contributed by atoms with E-state index in [9.17, 15) is 25.2 Å². The van der Waals surface area contributed by atoms with Crippen molar-refractivity contribution in [1.29, 1.82) is 0 Å². The maximum atomic E-state index is 11.8. The van der Waals surface area contributed by atoms with Gasteiger partial charge in [0.05, 0.1) is 63.1 Å². The first kappa shape index (κ1) is 122. The number of allylic oxidation sites excluding steroid dienone is 14. The summed E-state index contributed by atoms with van der Waals surface area (Å²) in [5, 5.41) is 43.4. The number of aliphatic hydroxyl groups is 4. The molecule has 0 aromatic heterocycles. The second kappa shape index (κ2) is 48.3. The van der Waals surface area contributed by atoms with Crippen LogP contribution in [0.25, 0.3) is 0 Å². The van der Waals surface area contributed by atoms with Crippen LogP contribution in [0.5, 0.6) is 0 Å². The average molecular weight is 2070 g/mol. The lowest BCUT2D eigenvalue weighted by molar-refractivity contribution is -0.127. The normalized spacial score (nSPS) is 32.4. The molecule has 2 aromatic rings. The number of Topliss-reactive ketones (excluding diaryl/α,β-unsaturated/α-hetero) is 1. The van der Waals surface area contributed by atoms with Crippen molar-refractivity contribution in [3.8, 4) is 0 Å². The molecule has 4 N–H and O–H groups in total. The number of carbonyl (C=O) groups is 1. The zero-order valence-electron chi connectivity index (χ0n) is 98.7. The maximum absolute atomic E-state index is 11.8. The number of fused-ring (bicyclic) bond motifs is 5. The van der Waals surface area contributed by atoms with E-state index in [1.165, 1.54) is 172 Å². The Balaban J connectivity index is 0.000000186. The van der Waals surface area contributed by atoms with Crippen molar-refractivity contribution in [1.82, 2.24) is 0 Å². The molecular weight excluding hydrogens is 1850 g/mol. The number of carbonyl (C=O) groups excluding carboxylic acids is 1. The maximum Gasteiger partial charge on any atom is 0.192 e. The van der Waals surface area contributed by atoms with Crippen LogP contribution in [0.1, 0.15) is 393 Å². The fourth-order valence-electron chi connectivity index (χ4n) is 28.1. The minimum absolute atomic E-state index is 0.0228. The van der Waals surface area contributed by atoms with E-state index in [0.717, 1.165) is 80.8 Å². The molecule has 13 saturated carbocycles. The fourth-order valence-corrected chi connectivity index (χ4v) is 35.0. The second-order valence-corrected chi connectivity index (χ2v) is 76.9. The Morgan fingerprint density at radius 3 is 1.12 bits per heavy atom. The first-order valence-corrected chi connectivity index (χ1v) is 70.1. The Morgan fingerprint density at radius 1 is 0.396 bits per heavy atom. The molecule has 0 spiro atoms. The lowest BCUT2D eigenvalue weighted by Gasteiger charge is -2.47. The molecule has 0 unspecified atom stereocenters. The quantitative estimate of drug-likeness (QED) is 0.0728. The van der Waals surface area contributed by atoms with Crippen LogP contribution in [-0.2, 0) is 27.0 Å². The van der Waals surface area contributed by atoms with Crippen molar-refractivity contribution in [2.75, 3.05) is 6.61 Å². The van der Waals surface area contributed by atoms with Gasteiger partial charge >= 0.3 is 0 Å². The molecule has 144 heavy (non-hydrogen) atoms. The Bertz CT molecular complexity index is 4890. The molecule has 0 heterocycles. The number of benzene rings is 2. The largest absolute Gasteiger partial charge is 0.410 e. The Labute approximate surface area is 887 Å². The van der Waals surface area contributed by atoms with Gasteiger partial charge in [-0.2, -0.15) is 0 Å². The molecule has 2 aromatic carbocycles. The van der Waals surface area contributed by atoms with Crippen LogP contribution in [-0.4, -0.2) is 114 Å². The third kappa shape index (κ3) is 28.4. The van der Waals surface area contributed by atoms with Crippen molar-refractivity contribution in [2.24, 2.45) is 68.5 Å². The Morgan fingerprint density at radius 2 is 0.736 bits per heavy atom. The van der Waals surface area contributed by atoms with Crippen LogP contribution in [0.15, 0.2) is 200 Å². The summed E-state index contributed by atoms with van der Waals surface area (Å²) in [6, 6.07) is 21.2. The third-order valence-corrected chi connectivity index (χ3v) is 60.5. The molecule has 0 radical (unpaired) electrons. The van der Waals surface area contributed by atoms with Gasteiger partial charge in [0.15, 0.2) is 33.3 Å². The SMILES string of the molecule is C=C1[C@H](O)CC(=C/C=C2\CCC[C@]3(C)C(=C(C)C)CC[C@@H]23)C[C@H]1O.C=C1[C@H](O[Si](C)(C)C(C)(C)C)CC(=C/C=C2\CCC[C@]3(C)C(=C(C)C)CC[C@@H]23)C[C@H]1O[Si](C)(C)C(C)(C)C.C=C1[C@H](O[Si](C)(C)C(C)(C)C)CC(=CCOP(c2ccccc2)c2ccccc2)C[C@H]1O[Si](C)(C)C(C)(C)C.CC(C)=C1CC[C@H]2C(=O)CCC[C@]12C.CC(C)=C1CC[C@H]2[C@@H](O)CCC[C@]12C.C[C@H]1CCC[C@]2(C)[C@@H](C(C)(C)O)CC[C@@H]12. The van der Waals surface area contributed by atoms with Crippen molar-refractivity contribution >= 4 is 57.8 Å². The predicted octanol–water partition coefficient (Wildman–Crippen LogP) is 35.2. The third-order valence-electron chi connectivity index (χ3n) is 40.6. The van der Waals surface area contributed by atoms with Crippen LogP contribution in [0.4, 0.5) is 0 Å². The second-order valence-electron chi connectivity index (χ2n) is 56.0. The smallest absolute Gasteiger partial charge is 0.192 e. The molecule has 15 heteroatoms. The van der Waals surface area contributed by atoms with Crippen LogP contribution >= 0.6 is 8.15 Å². The van der Waals surface area contributed by atoms with Gasteiger partial charge in [-0.15, -0.1) is 0 Å². The molecule has 808 valence electrons. The van der Waals surface area contributed by atoms with Gasteiger partial charge < -0.3 is 42.7 Å². The minimum atomic E-state index is -1.99. The van der Waals surface area contributed by atoms with Crippen molar-refractivity contribution in [3.63, 3.8) is 0 Å². The van der Waals surface area contributed by atoms with E-state index >= 15 is 0 Å². The summed E-state index contributed by atoms with van der Waals surface area (Å²) in [5.74, 6) is 5.03. The molecule has 0 aliphatic heterocycles. The number of ketones is 1. The molecule has 10 nitrogen and oxygen atoms in total. The predicted molar refractivity (Wildman–Crippen MR) is 628 cm³/mol. The first-order chi connectivity index (χ1) is 66.5. The van der Waals surface area contributed by atoms with Crippen LogP contribution < -0.4 is 10.6 Å². The lowest BCUT2D eigenvalue weighted by Crippen LogP contribution is -2.49. The fraction of sp³-hybridized carbons (Fsp3) is 0.713. The number of rotatable bonds is 16. The minimum Gasteiger partial charge on any atom is -0.410 e. The number of hydrogen-bond donors (Lipinski definition) is 4. The molecule has 13 aliphatic rings. The van der Waals surface area contributed by atoms with E-state index in [4.69, 9.17) is 22.2 Å².